The Hall–Kier alpha value is -0.760. The molecule has 2 nitrogen and oxygen atoms in total. The first kappa shape index (κ1) is 9.78. The first-order valence-corrected chi connectivity index (χ1v) is 5.50. The summed E-state index contributed by atoms with van der Waals surface area (Å²) in [7, 11) is 0. The largest absolute Gasteiger partial charge is 0.355 e. The van der Waals surface area contributed by atoms with Crippen molar-refractivity contribution in [3.05, 3.63) is 23.4 Å². The van der Waals surface area contributed by atoms with Gasteiger partial charge in [0.1, 0.15) is 5.82 Å². The lowest BCUT2D eigenvalue weighted by atomic mass is 10.0. The number of piperidine rings is 1. The van der Waals surface area contributed by atoms with Gasteiger partial charge in [0, 0.05) is 19.3 Å². The number of nitrogens with zero attached hydrogens (tertiary/aromatic N) is 2. The molecule has 2 rings (SSSR count). The van der Waals surface area contributed by atoms with Crippen LogP contribution in [0.1, 0.15) is 19.8 Å². The fraction of sp³-hybridized carbons (Fsp3) is 0.545. The Bertz CT molecular complexity index is 314. The highest BCUT2D eigenvalue weighted by Gasteiger charge is 2.18. The molecule has 1 aliphatic heterocycles. The third-order valence-corrected chi connectivity index (χ3v) is 2.99. The third kappa shape index (κ3) is 2.01. The summed E-state index contributed by atoms with van der Waals surface area (Å²) in [5.74, 6) is 1.70. The summed E-state index contributed by atoms with van der Waals surface area (Å²) >= 11 is 6.10. The van der Waals surface area contributed by atoms with Gasteiger partial charge in [0.05, 0.1) is 5.02 Å². The minimum absolute atomic E-state index is 0.752. The van der Waals surface area contributed by atoms with Gasteiger partial charge in [-0.25, -0.2) is 4.98 Å². The molecule has 1 aromatic heterocycles. The van der Waals surface area contributed by atoms with Gasteiger partial charge in [-0.1, -0.05) is 18.5 Å². The van der Waals surface area contributed by atoms with Crippen LogP contribution in [-0.2, 0) is 0 Å². The zero-order valence-electron chi connectivity index (χ0n) is 8.41. The first-order chi connectivity index (χ1) is 6.77. The molecule has 1 unspecified atom stereocenters. The second kappa shape index (κ2) is 4.18. The normalized spacial score (nSPS) is 22.4. The van der Waals surface area contributed by atoms with Crippen LogP contribution in [0.4, 0.5) is 5.82 Å². The number of halogens is 1. The summed E-state index contributed by atoms with van der Waals surface area (Å²) in [6, 6.07) is 3.78. The van der Waals surface area contributed by atoms with E-state index in [2.05, 4.69) is 16.8 Å². The van der Waals surface area contributed by atoms with E-state index in [4.69, 9.17) is 11.6 Å². The molecular formula is C11H15ClN2. The summed E-state index contributed by atoms with van der Waals surface area (Å²) in [5, 5.41) is 0.765. The van der Waals surface area contributed by atoms with Gasteiger partial charge < -0.3 is 4.90 Å². The molecule has 14 heavy (non-hydrogen) atoms. The zero-order valence-corrected chi connectivity index (χ0v) is 9.17. The van der Waals surface area contributed by atoms with E-state index in [0.717, 1.165) is 29.8 Å². The maximum Gasteiger partial charge on any atom is 0.147 e. The van der Waals surface area contributed by atoms with E-state index in [-0.39, 0.29) is 0 Å². The van der Waals surface area contributed by atoms with Crippen molar-refractivity contribution in [1.82, 2.24) is 4.98 Å². The van der Waals surface area contributed by atoms with Gasteiger partial charge in [0.2, 0.25) is 0 Å². The number of anilines is 1. The highest BCUT2D eigenvalue weighted by Crippen LogP contribution is 2.26. The van der Waals surface area contributed by atoms with Crippen molar-refractivity contribution in [3.63, 3.8) is 0 Å². The number of hydrogen-bond donors (Lipinski definition) is 0. The highest BCUT2D eigenvalue weighted by molar-refractivity contribution is 6.32. The number of pyridine rings is 1. The molecular weight excluding hydrogens is 196 g/mol. The van der Waals surface area contributed by atoms with Crippen molar-refractivity contribution in [1.29, 1.82) is 0 Å². The maximum atomic E-state index is 6.10. The molecule has 0 N–H and O–H groups in total. The van der Waals surface area contributed by atoms with E-state index < -0.39 is 0 Å². The quantitative estimate of drug-likeness (QED) is 0.709. The van der Waals surface area contributed by atoms with E-state index in [9.17, 15) is 0 Å². The lowest BCUT2D eigenvalue weighted by Crippen LogP contribution is -2.34. The summed E-state index contributed by atoms with van der Waals surface area (Å²) in [6.45, 7) is 4.45. The van der Waals surface area contributed by atoms with Gasteiger partial charge in [-0.05, 0) is 30.9 Å². The molecule has 0 amide bonds. The standard InChI is InChI=1S/C11H15ClN2/c1-9-4-3-7-14(8-9)11-10(12)5-2-6-13-11/h2,5-6,9H,3-4,7-8H2,1H3. The molecule has 1 fully saturated rings. The Balaban J connectivity index is 2.18. The summed E-state index contributed by atoms with van der Waals surface area (Å²) < 4.78 is 0. The molecule has 2 heterocycles. The van der Waals surface area contributed by atoms with Gasteiger partial charge in [-0.3, -0.25) is 0 Å². The molecule has 1 saturated heterocycles. The third-order valence-electron chi connectivity index (χ3n) is 2.70. The van der Waals surface area contributed by atoms with Gasteiger partial charge in [0.25, 0.3) is 0 Å². The molecule has 0 bridgehead atoms. The Morgan fingerprint density at radius 2 is 2.43 bits per heavy atom. The van der Waals surface area contributed by atoms with Crippen LogP contribution in [0.2, 0.25) is 5.02 Å². The average Bonchev–Trinajstić information content (AvgIpc) is 2.18. The molecule has 3 heteroatoms. The number of hydrogen-bond acceptors (Lipinski definition) is 2. The Morgan fingerprint density at radius 1 is 1.57 bits per heavy atom. The smallest absolute Gasteiger partial charge is 0.147 e. The van der Waals surface area contributed by atoms with Gasteiger partial charge in [-0.15, -0.1) is 0 Å². The average molecular weight is 211 g/mol. The SMILES string of the molecule is CC1CCCN(c2ncccc2Cl)C1. The summed E-state index contributed by atoms with van der Waals surface area (Å²) in [6.07, 6.45) is 4.37. The number of aromatic nitrogens is 1. The zero-order chi connectivity index (χ0) is 9.97. The van der Waals surface area contributed by atoms with E-state index in [1.165, 1.54) is 12.8 Å². The van der Waals surface area contributed by atoms with Crippen molar-refractivity contribution < 1.29 is 0 Å². The van der Waals surface area contributed by atoms with Crippen molar-refractivity contribution >= 4 is 17.4 Å². The summed E-state index contributed by atoms with van der Waals surface area (Å²) in [5.41, 5.74) is 0. The number of rotatable bonds is 1. The van der Waals surface area contributed by atoms with Crippen molar-refractivity contribution in [2.75, 3.05) is 18.0 Å². The molecule has 1 aromatic rings. The van der Waals surface area contributed by atoms with Crippen LogP contribution in [0.25, 0.3) is 0 Å². The van der Waals surface area contributed by atoms with E-state index in [1.54, 1.807) is 6.20 Å². The van der Waals surface area contributed by atoms with Gasteiger partial charge in [0.15, 0.2) is 0 Å². The predicted octanol–water partition coefficient (Wildman–Crippen LogP) is 2.97. The summed E-state index contributed by atoms with van der Waals surface area (Å²) in [4.78, 5) is 6.62. The molecule has 1 aliphatic rings. The predicted molar refractivity (Wildman–Crippen MR) is 59.9 cm³/mol. The van der Waals surface area contributed by atoms with Crippen LogP contribution >= 0.6 is 11.6 Å². The fourth-order valence-electron chi connectivity index (χ4n) is 1.99. The van der Waals surface area contributed by atoms with Crippen LogP contribution in [0.15, 0.2) is 18.3 Å². The van der Waals surface area contributed by atoms with E-state index in [1.807, 2.05) is 12.1 Å². The topological polar surface area (TPSA) is 16.1 Å². The molecule has 0 spiro atoms. The van der Waals surface area contributed by atoms with Crippen molar-refractivity contribution in [2.45, 2.75) is 19.8 Å². The van der Waals surface area contributed by atoms with Crippen LogP contribution in [-0.4, -0.2) is 18.1 Å². The first-order valence-electron chi connectivity index (χ1n) is 5.13. The highest BCUT2D eigenvalue weighted by atomic mass is 35.5. The lowest BCUT2D eigenvalue weighted by molar-refractivity contribution is 0.444. The molecule has 76 valence electrons. The minimum Gasteiger partial charge on any atom is -0.355 e. The monoisotopic (exact) mass is 210 g/mol. The molecule has 0 radical (unpaired) electrons. The molecule has 0 aliphatic carbocycles. The van der Waals surface area contributed by atoms with Crippen LogP contribution in [0.3, 0.4) is 0 Å². The minimum atomic E-state index is 0.752. The second-order valence-corrected chi connectivity index (χ2v) is 4.41. The van der Waals surface area contributed by atoms with Crippen molar-refractivity contribution in [2.24, 2.45) is 5.92 Å². The Morgan fingerprint density at radius 3 is 3.14 bits per heavy atom. The van der Waals surface area contributed by atoms with E-state index >= 15 is 0 Å². The van der Waals surface area contributed by atoms with Crippen molar-refractivity contribution in [3.8, 4) is 0 Å². The second-order valence-electron chi connectivity index (χ2n) is 4.00. The van der Waals surface area contributed by atoms with Gasteiger partial charge >= 0.3 is 0 Å². The van der Waals surface area contributed by atoms with Crippen LogP contribution in [0, 0.1) is 5.92 Å². The van der Waals surface area contributed by atoms with Crippen LogP contribution in [0.5, 0.6) is 0 Å². The Labute approximate surface area is 89.9 Å². The fourth-order valence-corrected chi connectivity index (χ4v) is 2.23. The Kier molecular flexibility index (Phi) is 2.92. The molecule has 0 aromatic carbocycles. The molecule has 1 atom stereocenters. The lowest BCUT2D eigenvalue weighted by Gasteiger charge is -2.32. The maximum absolute atomic E-state index is 6.10. The van der Waals surface area contributed by atoms with E-state index in [0.29, 0.717) is 0 Å². The van der Waals surface area contributed by atoms with Crippen LogP contribution < -0.4 is 4.90 Å². The molecule has 0 saturated carbocycles. The van der Waals surface area contributed by atoms with Gasteiger partial charge in [-0.2, -0.15) is 0 Å².